The minimum atomic E-state index is -4.71. The number of phosphoric ester groups is 1. The number of nitrogens with one attached hydrogen (secondary N) is 1. The van der Waals surface area contributed by atoms with E-state index in [1.54, 1.807) is 0 Å². The lowest BCUT2D eigenvalue weighted by atomic mass is 10.0. The Balaban J connectivity index is 5.20. The number of hydrogen-bond donors (Lipinski definition) is 1. The molecule has 0 rings (SSSR count). The molecule has 0 aromatic rings. The van der Waals surface area contributed by atoms with Crippen LogP contribution in [0.25, 0.3) is 0 Å². The van der Waals surface area contributed by atoms with Gasteiger partial charge in [0.15, 0.2) is 0 Å². The summed E-state index contributed by atoms with van der Waals surface area (Å²) in [6, 6.07) is -0.902. The summed E-state index contributed by atoms with van der Waals surface area (Å²) in [5, 5.41) is 3.03. The summed E-state index contributed by atoms with van der Waals surface area (Å²) in [6.07, 6.45) is 78.0. The van der Waals surface area contributed by atoms with Crippen LogP contribution in [0.2, 0.25) is 0 Å². The van der Waals surface area contributed by atoms with Crippen molar-refractivity contribution >= 4 is 19.7 Å². The van der Waals surface area contributed by atoms with Gasteiger partial charge in [0.1, 0.15) is 19.3 Å². The molecule has 3 unspecified atom stereocenters. The van der Waals surface area contributed by atoms with Gasteiger partial charge in [0.25, 0.3) is 7.82 Å². The Kier molecular flexibility index (Phi) is 55.9. The number of amides is 1. The monoisotopic (exact) mass is 1120 g/mol. The fourth-order valence-electron chi connectivity index (χ4n) is 9.01. The third kappa shape index (κ3) is 59.4. The number of hydrogen-bond acceptors (Lipinski definition) is 7. The van der Waals surface area contributed by atoms with E-state index in [1.165, 1.54) is 116 Å². The van der Waals surface area contributed by atoms with Gasteiger partial charge in [0.05, 0.1) is 33.8 Å². The Labute approximate surface area is 488 Å². The molecule has 0 saturated heterocycles. The van der Waals surface area contributed by atoms with E-state index in [-0.39, 0.29) is 24.9 Å². The standard InChI is InChI=1S/C69H123N2O7P/c1-7-10-13-16-19-22-25-28-30-31-32-33-34-35-36-37-38-39-41-43-46-49-52-55-58-61-68(72)70-66(65-77-79(74,75)76-64-63-71(4,5)6)67(60-57-54-51-48-45-42-27-24-21-18-15-12-9-3)78-69(73)62-59-56-53-50-47-44-40-29-26-23-20-17-14-11-8-2/h10,13,19-20,22-23,26,28-30,32-33,35-36,57,60,66-67H,7-9,11-12,14-18,21,24-25,27,31,34,37-56,58-59,61-65H2,1-6H3,(H-,70,72,74,75)/b13-10-,22-19-,23-20+,29-26+,30-28-,33-32-,36-35-,60-57-. The summed E-state index contributed by atoms with van der Waals surface area (Å²) < 4.78 is 30.4. The average molecular weight is 1120 g/mol. The number of carbonyl (C=O) groups is 2. The van der Waals surface area contributed by atoms with E-state index < -0.39 is 26.6 Å². The van der Waals surface area contributed by atoms with Gasteiger partial charge in [-0.1, -0.05) is 260 Å². The summed E-state index contributed by atoms with van der Waals surface area (Å²) in [4.78, 5) is 40.1. The molecule has 0 aliphatic rings. The predicted molar refractivity (Wildman–Crippen MR) is 339 cm³/mol. The molecule has 456 valence electrons. The maximum atomic E-state index is 13.6. The van der Waals surface area contributed by atoms with Gasteiger partial charge in [-0.2, -0.15) is 0 Å². The Morgan fingerprint density at radius 3 is 1.32 bits per heavy atom. The number of quaternary nitrogens is 1. The van der Waals surface area contributed by atoms with Crippen molar-refractivity contribution in [2.75, 3.05) is 40.9 Å². The number of phosphoric acid groups is 1. The van der Waals surface area contributed by atoms with Crippen molar-refractivity contribution in [3.8, 4) is 0 Å². The van der Waals surface area contributed by atoms with Crippen molar-refractivity contribution in [2.45, 2.75) is 290 Å². The van der Waals surface area contributed by atoms with Crippen molar-refractivity contribution in [3.63, 3.8) is 0 Å². The zero-order chi connectivity index (χ0) is 57.9. The molecule has 1 N–H and O–H groups in total. The molecule has 0 aliphatic carbocycles. The predicted octanol–water partition coefficient (Wildman–Crippen LogP) is 19.7. The van der Waals surface area contributed by atoms with Crippen LogP contribution in [0.3, 0.4) is 0 Å². The van der Waals surface area contributed by atoms with Crippen LogP contribution in [0.5, 0.6) is 0 Å². The molecule has 79 heavy (non-hydrogen) atoms. The number of likely N-dealkylation sites (N-methyl/N-ethyl adjacent to an activating group) is 1. The molecule has 0 saturated carbocycles. The van der Waals surface area contributed by atoms with E-state index in [0.29, 0.717) is 23.9 Å². The summed E-state index contributed by atoms with van der Waals surface area (Å²) in [5.74, 6) is -0.562. The van der Waals surface area contributed by atoms with E-state index in [4.69, 9.17) is 13.8 Å². The van der Waals surface area contributed by atoms with E-state index in [0.717, 1.165) is 122 Å². The van der Waals surface area contributed by atoms with Crippen molar-refractivity contribution in [1.82, 2.24) is 5.32 Å². The zero-order valence-corrected chi connectivity index (χ0v) is 52.9. The van der Waals surface area contributed by atoms with Crippen LogP contribution in [-0.4, -0.2) is 69.4 Å². The molecule has 0 bridgehead atoms. The van der Waals surface area contributed by atoms with E-state index in [1.807, 2.05) is 33.3 Å². The molecule has 0 heterocycles. The molecule has 0 aromatic heterocycles. The van der Waals surface area contributed by atoms with Crippen LogP contribution >= 0.6 is 7.82 Å². The molecular weight excluding hydrogens is 1000 g/mol. The van der Waals surface area contributed by atoms with Crippen LogP contribution in [0, 0.1) is 0 Å². The highest BCUT2D eigenvalue weighted by Crippen LogP contribution is 2.38. The minimum absolute atomic E-state index is 0.0295. The van der Waals surface area contributed by atoms with Crippen molar-refractivity contribution in [2.24, 2.45) is 0 Å². The molecule has 1 amide bonds. The summed E-state index contributed by atoms with van der Waals surface area (Å²) in [7, 11) is 1.17. The Morgan fingerprint density at radius 1 is 0.468 bits per heavy atom. The van der Waals surface area contributed by atoms with E-state index in [9.17, 15) is 19.0 Å². The highest BCUT2D eigenvalue weighted by atomic mass is 31.2. The first-order valence-corrected chi connectivity index (χ1v) is 34.0. The quantitative estimate of drug-likeness (QED) is 0.0161. The molecule has 10 heteroatoms. The van der Waals surface area contributed by atoms with Crippen LogP contribution in [0.15, 0.2) is 97.2 Å². The topological polar surface area (TPSA) is 114 Å². The lowest BCUT2D eigenvalue weighted by Crippen LogP contribution is -2.47. The molecule has 0 fully saturated rings. The number of esters is 1. The fourth-order valence-corrected chi connectivity index (χ4v) is 9.73. The molecule has 0 aliphatic heterocycles. The average Bonchev–Trinajstić information content (AvgIpc) is 3.41. The molecule has 3 atom stereocenters. The first-order chi connectivity index (χ1) is 38.4. The Hall–Kier alpha value is -3.07. The number of unbranched alkanes of at least 4 members (excludes halogenated alkanes) is 29. The second-order valence-electron chi connectivity index (χ2n) is 22.9. The molecule has 9 nitrogen and oxygen atoms in total. The molecule has 0 aromatic carbocycles. The summed E-state index contributed by atoms with van der Waals surface area (Å²) in [5.41, 5.74) is 0. The van der Waals surface area contributed by atoms with Gasteiger partial charge in [0.2, 0.25) is 5.91 Å². The van der Waals surface area contributed by atoms with E-state index in [2.05, 4.69) is 111 Å². The second-order valence-corrected chi connectivity index (χ2v) is 24.3. The third-order valence-corrected chi connectivity index (χ3v) is 15.0. The lowest BCUT2D eigenvalue weighted by Gasteiger charge is -2.30. The maximum Gasteiger partial charge on any atom is 0.306 e. The second kappa shape index (κ2) is 58.1. The smallest absolute Gasteiger partial charge is 0.306 e. The zero-order valence-electron chi connectivity index (χ0n) is 52.1. The molecule has 0 spiro atoms. The van der Waals surface area contributed by atoms with Gasteiger partial charge >= 0.3 is 5.97 Å². The molecular formula is C69H123N2O7P. The SMILES string of the molecule is CC/C=C\C/C=C\C/C=C\C/C=C\C/C=C\CCCCCCCCCCCC(=O)NC(COP(=O)([O-])OCC[N+](C)(C)C)C(/C=C\CCCCCCCCCCCCC)OC(=O)CCCCCCCC/C=C/C=C/CCCCC. The van der Waals surface area contributed by atoms with Crippen molar-refractivity contribution in [3.05, 3.63) is 97.2 Å². The first-order valence-electron chi connectivity index (χ1n) is 32.6. The lowest BCUT2D eigenvalue weighted by molar-refractivity contribution is -0.870. The van der Waals surface area contributed by atoms with Gasteiger partial charge < -0.3 is 28.5 Å². The van der Waals surface area contributed by atoms with Crippen LogP contribution in [0.4, 0.5) is 0 Å². The highest BCUT2D eigenvalue weighted by Gasteiger charge is 2.27. The van der Waals surface area contributed by atoms with E-state index >= 15 is 0 Å². The number of carbonyl (C=O) groups excluding carboxylic acids is 2. The number of rotatable bonds is 58. The highest BCUT2D eigenvalue weighted by molar-refractivity contribution is 7.45. The van der Waals surface area contributed by atoms with Gasteiger partial charge in [-0.25, -0.2) is 0 Å². The number of allylic oxidation sites excluding steroid dienone is 15. The molecule has 0 radical (unpaired) electrons. The van der Waals surface area contributed by atoms with Gasteiger partial charge in [0, 0.05) is 12.8 Å². The summed E-state index contributed by atoms with van der Waals surface area (Å²) >= 11 is 0. The van der Waals surface area contributed by atoms with Crippen molar-refractivity contribution < 1.29 is 37.3 Å². The fraction of sp³-hybridized carbons (Fsp3) is 0.739. The maximum absolute atomic E-state index is 13.6. The van der Waals surface area contributed by atoms with Gasteiger partial charge in [-0.15, -0.1) is 0 Å². The van der Waals surface area contributed by atoms with Crippen LogP contribution < -0.4 is 10.2 Å². The summed E-state index contributed by atoms with van der Waals surface area (Å²) in [6.45, 7) is 6.69. The normalized spacial score (nSPS) is 14.3. The van der Waals surface area contributed by atoms with Crippen molar-refractivity contribution in [1.29, 1.82) is 0 Å². The number of ether oxygens (including phenoxy) is 1. The largest absolute Gasteiger partial charge is 0.756 e. The third-order valence-electron chi connectivity index (χ3n) is 14.0. The van der Waals surface area contributed by atoms with Crippen LogP contribution in [-0.2, 0) is 27.9 Å². The Bertz CT molecular complexity index is 1670. The number of nitrogens with zero attached hydrogens (tertiary/aromatic N) is 1. The van der Waals surface area contributed by atoms with Crippen LogP contribution in [0.1, 0.15) is 278 Å². The first kappa shape index (κ1) is 75.9. The Morgan fingerprint density at radius 2 is 0.848 bits per heavy atom. The van der Waals surface area contributed by atoms with Gasteiger partial charge in [-0.3, -0.25) is 14.2 Å². The van der Waals surface area contributed by atoms with Gasteiger partial charge in [-0.05, 0) is 102 Å². The minimum Gasteiger partial charge on any atom is -0.756 e.